The Labute approximate surface area is 193 Å². The zero-order chi connectivity index (χ0) is 22.3. The van der Waals surface area contributed by atoms with Crippen LogP contribution in [0, 0.1) is 0 Å². The Bertz CT molecular complexity index is 1360. The molecule has 5 rings (SSSR count). The molecule has 1 aliphatic heterocycles. The fraction of sp³-hybridized carbons (Fsp3) is 0.182. The summed E-state index contributed by atoms with van der Waals surface area (Å²) in [6.07, 6.45) is 1.08. The Hall–Kier alpha value is -2.79. The van der Waals surface area contributed by atoms with E-state index >= 15 is 0 Å². The molecule has 0 radical (unpaired) electrons. The highest BCUT2D eigenvalue weighted by molar-refractivity contribution is 7.91. The molecule has 3 heterocycles. The molecule has 2 N–H and O–H groups in total. The number of phenolic OH excluding ortho intramolecular Hbond substituents is 1. The Morgan fingerprint density at radius 1 is 1.16 bits per heavy atom. The van der Waals surface area contributed by atoms with E-state index in [1.54, 1.807) is 29.6 Å². The van der Waals surface area contributed by atoms with Crippen LogP contribution in [-0.2, 0) is 14.8 Å². The van der Waals surface area contributed by atoms with Gasteiger partial charge in [0.1, 0.15) is 21.0 Å². The maximum absolute atomic E-state index is 13.0. The molecule has 1 amide bonds. The van der Waals surface area contributed by atoms with Crippen molar-refractivity contribution in [3.05, 3.63) is 60.0 Å². The SMILES string of the molecule is O=C(Nc1ccc(O)c(-c2nc3ccccc3s2)c1)[C@@H]1CCCN1S(=O)(=O)c1cccs1. The van der Waals surface area contributed by atoms with Crippen LogP contribution in [0.3, 0.4) is 0 Å². The molecule has 1 atom stereocenters. The molecule has 0 spiro atoms. The second kappa shape index (κ2) is 8.28. The molecule has 2 aromatic heterocycles. The Morgan fingerprint density at radius 2 is 2.00 bits per heavy atom. The van der Waals surface area contributed by atoms with Crippen LogP contribution < -0.4 is 5.32 Å². The molecule has 0 saturated carbocycles. The van der Waals surface area contributed by atoms with E-state index in [0.29, 0.717) is 35.6 Å². The third-order valence-corrected chi connectivity index (χ3v) is 9.70. The number of aromatic nitrogens is 1. The van der Waals surface area contributed by atoms with Crippen molar-refractivity contribution >= 4 is 54.5 Å². The molecule has 10 heteroatoms. The van der Waals surface area contributed by atoms with E-state index in [9.17, 15) is 18.3 Å². The quantitative estimate of drug-likeness (QED) is 0.405. The first kappa shape index (κ1) is 21.1. The number of benzene rings is 2. The molecule has 1 saturated heterocycles. The average Bonchev–Trinajstić information content (AvgIpc) is 3.55. The highest BCUT2D eigenvalue weighted by Crippen LogP contribution is 2.37. The van der Waals surface area contributed by atoms with Gasteiger partial charge < -0.3 is 10.4 Å². The maximum Gasteiger partial charge on any atom is 0.253 e. The smallest absolute Gasteiger partial charge is 0.253 e. The van der Waals surface area contributed by atoms with Gasteiger partial charge in [-0.1, -0.05) is 18.2 Å². The van der Waals surface area contributed by atoms with Crippen molar-refractivity contribution in [2.45, 2.75) is 23.1 Å². The molecule has 4 aromatic rings. The molecular formula is C22H19N3O4S3. The first-order chi connectivity index (χ1) is 15.4. The number of para-hydroxylation sites is 1. The number of carbonyl (C=O) groups is 1. The van der Waals surface area contributed by atoms with Gasteiger partial charge in [-0.15, -0.1) is 22.7 Å². The second-order valence-electron chi connectivity index (χ2n) is 7.41. The third-order valence-electron chi connectivity index (χ3n) is 5.35. The lowest BCUT2D eigenvalue weighted by atomic mass is 10.1. The Balaban J connectivity index is 1.40. The minimum atomic E-state index is -3.71. The summed E-state index contributed by atoms with van der Waals surface area (Å²) in [4.78, 5) is 17.6. The number of nitrogens with one attached hydrogen (secondary N) is 1. The molecular weight excluding hydrogens is 466 g/mol. The van der Waals surface area contributed by atoms with Gasteiger partial charge in [-0.3, -0.25) is 4.79 Å². The van der Waals surface area contributed by atoms with Crippen LogP contribution in [0.5, 0.6) is 5.75 Å². The summed E-state index contributed by atoms with van der Waals surface area (Å²) in [5.41, 5.74) is 1.82. The average molecular weight is 486 g/mol. The Kier molecular flexibility index (Phi) is 5.46. The molecule has 164 valence electrons. The minimum Gasteiger partial charge on any atom is -0.507 e. The van der Waals surface area contributed by atoms with E-state index in [4.69, 9.17) is 0 Å². The number of sulfonamides is 1. The van der Waals surface area contributed by atoms with Gasteiger partial charge in [-0.2, -0.15) is 4.31 Å². The van der Waals surface area contributed by atoms with Crippen LogP contribution in [0.1, 0.15) is 12.8 Å². The van der Waals surface area contributed by atoms with E-state index in [0.717, 1.165) is 21.6 Å². The fourth-order valence-electron chi connectivity index (χ4n) is 3.81. The van der Waals surface area contributed by atoms with E-state index in [1.807, 2.05) is 24.3 Å². The molecule has 1 fully saturated rings. The summed E-state index contributed by atoms with van der Waals surface area (Å²) >= 11 is 2.59. The molecule has 0 bridgehead atoms. The monoisotopic (exact) mass is 485 g/mol. The van der Waals surface area contributed by atoms with Crippen LogP contribution in [-0.4, -0.2) is 41.3 Å². The van der Waals surface area contributed by atoms with E-state index in [2.05, 4.69) is 10.3 Å². The van der Waals surface area contributed by atoms with Gasteiger partial charge in [0.2, 0.25) is 5.91 Å². The van der Waals surface area contributed by atoms with Crippen molar-refractivity contribution in [1.82, 2.24) is 9.29 Å². The lowest BCUT2D eigenvalue weighted by Crippen LogP contribution is -2.42. The number of hydrogen-bond acceptors (Lipinski definition) is 7. The lowest BCUT2D eigenvalue weighted by Gasteiger charge is -2.22. The van der Waals surface area contributed by atoms with Crippen LogP contribution in [0.25, 0.3) is 20.8 Å². The zero-order valence-corrected chi connectivity index (χ0v) is 19.2. The first-order valence-electron chi connectivity index (χ1n) is 9.99. The van der Waals surface area contributed by atoms with Gasteiger partial charge in [-0.05, 0) is 54.6 Å². The largest absolute Gasteiger partial charge is 0.507 e. The summed E-state index contributed by atoms with van der Waals surface area (Å²) in [5, 5.41) is 15.6. The standard InChI is InChI=1S/C22H19N3O4S3/c26-18-10-9-14(13-15(18)22-24-16-5-1-2-7-19(16)31-22)23-21(27)17-6-3-11-25(17)32(28,29)20-8-4-12-30-20/h1-2,4-5,7-10,12-13,17,26H,3,6,11H2,(H,23,27)/t17-/m0/s1. The number of fused-ring (bicyclic) bond motifs is 1. The third kappa shape index (κ3) is 3.79. The van der Waals surface area contributed by atoms with Crippen molar-refractivity contribution in [3.63, 3.8) is 0 Å². The normalized spacial score (nSPS) is 17.1. The molecule has 0 unspecified atom stereocenters. The maximum atomic E-state index is 13.0. The number of rotatable bonds is 5. The number of hydrogen-bond donors (Lipinski definition) is 2. The molecule has 32 heavy (non-hydrogen) atoms. The van der Waals surface area contributed by atoms with Crippen LogP contribution in [0.2, 0.25) is 0 Å². The van der Waals surface area contributed by atoms with E-state index < -0.39 is 16.1 Å². The number of thiophene rings is 1. The lowest BCUT2D eigenvalue weighted by molar-refractivity contribution is -0.119. The topological polar surface area (TPSA) is 99.6 Å². The molecule has 1 aliphatic rings. The van der Waals surface area contributed by atoms with Gasteiger partial charge in [0.15, 0.2) is 0 Å². The summed E-state index contributed by atoms with van der Waals surface area (Å²) < 4.78 is 28.4. The van der Waals surface area contributed by atoms with Crippen LogP contribution >= 0.6 is 22.7 Å². The Morgan fingerprint density at radius 3 is 2.78 bits per heavy atom. The number of phenols is 1. The number of nitrogens with zero attached hydrogens (tertiary/aromatic N) is 2. The first-order valence-corrected chi connectivity index (χ1v) is 13.1. The number of aromatic hydroxyl groups is 1. The predicted octanol–water partition coefficient (Wildman–Crippen LogP) is 4.52. The summed E-state index contributed by atoms with van der Waals surface area (Å²) in [7, 11) is -3.71. The summed E-state index contributed by atoms with van der Waals surface area (Å²) in [6.45, 7) is 0.310. The molecule has 0 aliphatic carbocycles. The highest BCUT2D eigenvalue weighted by Gasteiger charge is 2.39. The van der Waals surface area contributed by atoms with Gasteiger partial charge in [0.25, 0.3) is 10.0 Å². The fourth-order valence-corrected chi connectivity index (χ4v) is 7.58. The van der Waals surface area contributed by atoms with E-state index in [1.165, 1.54) is 21.7 Å². The number of thiazole rings is 1. The van der Waals surface area contributed by atoms with Gasteiger partial charge in [0, 0.05) is 12.2 Å². The molecule has 2 aromatic carbocycles. The van der Waals surface area contributed by atoms with Gasteiger partial charge >= 0.3 is 0 Å². The predicted molar refractivity (Wildman–Crippen MR) is 127 cm³/mol. The van der Waals surface area contributed by atoms with E-state index in [-0.39, 0.29) is 15.9 Å². The molecule has 7 nitrogen and oxygen atoms in total. The van der Waals surface area contributed by atoms with Gasteiger partial charge in [0.05, 0.1) is 15.8 Å². The highest BCUT2D eigenvalue weighted by atomic mass is 32.2. The van der Waals surface area contributed by atoms with Crippen molar-refractivity contribution in [1.29, 1.82) is 0 Å². The van der Waals surface area contributed by atoms with Crippen molar-refractivity contribution in [2.24, 2.45) is 0 Å². The zero-order valence-electron chi connectivity index (χ0n) is 16.8. The van der Waals surface area contributed by atoms with Crippen LogP contribution in [0.4, 0.5) is 5.69 Å². The van der Waals surface area contributed by atoms with Gasteiger partial charge in [-0.25, -0.2) is 13.4 Å². The number of anilines is 1. The van der Waals surface area contributed by atoms with Crippen molar-refractivity contribution < 1.29 is 18.3 Å². The van der Waals surface area contributed by atoms with Crippen molar-refractivity contribution in [2.75, 3.05) is 11.9 Å². The van der Waals surface area contributed by atoms with Crippen molar-refractivity contribution in [3.8, 4) is 16.3 Å². The summed E-state index contributed by atoms with van der Waals surface area (Å²) in [6, 6.07) is 14.9. The number of amides is 1. The minimum absolute atomic E-state index is 0.0600. The summed E-state index contributed by atoms with van der Waals surface area (Å²) in [5.74, 6) is -0.326. The second-order valence-corrected chi connectivity index (χ2v) is 11.5. The number of carbonyl (C=O) groups excluding carboxylic acids is 1. The van der Waals surface area contributed by atoms with Crippen LogP contribution in [0.15, 0.2) is 64.2 Å².